The molecule has 3 rings (SSSR count). The van der Waals surface area contributed by atoms with E-state index in [4.69, 9.17) is 0 Å². The van der Waals surface area contributed by atoms with Crippen LogP contribution in [-0.4, -0.2) is 28.4 Å². The van der Waals surface area contributed by atoms with E-state index in [1.54, 1.807) is 11.0 Å². The maximum atomic E-state index is 12.4. The van der Waals surface area contributed by atoms with E-state index in [1.165, 1.54) is 18.2 Å². The largest absolute Gasteiger partial charge is 0.573 e. The number of alkyl halides is 3. The van der Waals surface area contributed by atoms with Gasteiger partial charge in [0.1, 0.15) is 11.8 Å². The van der Waals surface area contributed by atoms with Gasteiger partial charge < -0.3 is 9.84 Å². The Bertz CT molecular complexity index is 776. The summed E-state index contributed by atoms with van der Waals surface area (Å²) in [6.07, 6.45) is -4.39. The van der Waals surface area contributed by atoms with Crippen LogP contribution < -0.4 is 4.74 Å². The second kappa shape index (κ2) is 6.76. The maximum absolute atomic E-state index is 12.4. The predicted molar refractivity (Wildman–Crippen MR) is 83.9 cm³/mol. The molecule has 0 saturated heterocycles. The summed E-state index contributed by atoms with van der Waals surface area (Å²) in [5.41, 5.74) is 2.58. The van der Waals surface area contributed by atoms with Gasteiger partial charge >= 0.3 is 12.3 Å². The fraction of sp³-hybridized carbons (Fsp3) is 0.278. The monoisotopic (exact) mass is 351 g/mol. The molecule has 1 N–H and O–H groups in total. The molecular formula is C18H16F3NO3. The summed E-state index contributed by atoms with van der Waals surface area (Å²) in [6, 6.07) is 12.5. The van der Waals surface area contributed by atoms with E-state index in [0.717, 1.165) is 11.1 Å². The third kappa shape index (κ3) is 4.30. The quantitative estimate of drug-likeness (QED) is 0.915. The summed E-state index contributed by atoms with van der Waals surface area (Å²) < 4.78 is 41.0. The van der Waals surface area contributed by atoms with Gasteiger partial charge in [0.05, 0.1) is 0 Å². The van der Waals surface area contributed by atoms with Crippen molar-refractivity contribution in [1.82, 2.24) is 4.90 Å². The van der Waals surface area contributed by atoms with Crippen LogP contribution in [0.1, 0.15) is 16.7 Å². The minimum absolute atomic E-state index is 0.223. The first-order valence-electron chi connectivity index (χ1n) is 7.70. The number of nitrogens with zero attached hydrogens (tertiary/aromatic N) is 1. The number of ether oxygens (including phenoxy) is 1. The molecule has 1 aliphatic heterocycles. The standard InChI is InChI=1S/C18H16F3NO3/c19-18(20,21)25-15-7-3-4-12(8-15)10-22-11-14-6-2-1-5-13(14)9-16(22)17(23)24/h1-8,16H,9-11H2,(H,23,24)/t16-/m0/s1. The lowest BCUT2D eigenvalue weighted by Gasteiger charge is -2.34. The molecule has 0 spiro atoms. The van der Waals surface area contributed by atoms with Gasteiger partial charge in [-0.2, -0.15) is 0 Å². The number of fused-ring (bicyclic) bond motifs is 1. The Labute approximate surface area is 142 Å². The van der Waals surface area contributed by atoms with Crippen molar-refractivity contribution in [1.29, 1.82) is 0 Å². The number of rotatable bonds is 4. The van der Waals surface area contributed by atoms with E-state index in [2.05, 4.69) is 4.74 Å². The van der Waals surface area contributed by atoms with Crippen LogP contribution in [0.15, 0.2) is 48.5 Å². The third-order valence-corrected chi connectivity index (χ3v) is 4.15. The van der Waals surface area contributed by atoms with Crippen molar-refractivity contribution in [3.8, 4) is 5.75 Å². The summed E-state index contributed by atoms with van der Waals surface area (Å²) in [7, 11) is 0. The van der Waals surface area contributed by atoms with Crippen LogP contribution in [0.3, 0.4) is 0 Å². The van der Waals surface area contributed by atoms with Crippen LogP contribution in [0.2, 0.25) is 0 Å². The summed E-state index contributed by atoms with van der Waals surface area (Å²) in [5, 5.41) is 9.50. The van der Waals surface area contributed by atoms with Crippen LogP contribution in [-0.2, 0) is 24.3 Å². The van der Waals surface area contributed by atoms with Crippen LogP contribution in [0.5, 0.6) is 5.75 Å². The predicted octanol–water partition coefficient (Wildman–Crippen LogP) is 3.60. The number of hydrogen-bond acceptors (Lipinski definition) is 3. The van der Waals surface area contributed by atoms with Gasteiger partial charge in [0.15, 0.2) is 0 Å². The van der Waals surface area contributed by atoms with Crippen LogP contribution in [0.4, 0.5) is 13.2 Å². The topological polar surface area (TPSA) is 49.8 Å². The molecule has 0 radical (unpaired) electrons. The van der Waals surface area contributed by atoms with Crippen molar-refractivity contribution in [2.75, 3.05) is 0 Å². The lowest BCUT2D eigenvalue weighted by atomic mass is 9.93. The number of aliphatic carboxylic acids is 1. The van der Waals surface area contributed by atoms with E-state index in [-0.39, 0.29) is 12.3 Å². The Balaban J connectivity index is 1.81. The third-order valence-electron chi connectivity index (χ3n) is 4.15. The van der Waals surface area contributed by atoms with Crippen molar-refractivity contribution in [3.63, 3.8) is 0 Å². The first kappa shape index (κ1) is 17.3. The van der Waals surface area contributed by atoms with Crippen molar-refractivity contribution in [3.05, 3.63) is 65.2 Å². The average Bonchev–Trinajstić information content (AvgIpc) is 2.52. The highest BCUT2D eigenvalue weighted by Crippen LogP contribution is 2.27. The molecule has 25 heavy (non-hydrogen) atoms. The maximum Gasteiger partial charge on any atom is 0.573 e. The van der Waals surface area contributed by atoms with E-state index in [0.29, 0.717) is 18.5 Å². The highest BCUT2D eigenvalue weighted by atomic mass is 19.4. The molecule has 4 nitrogen and oxygen atoms in total. The lowest BCUT2D eigenvalue weighted by molar-refractivity contribution is -0.274. The molecule has 132 valence electrons. The van der Waals surface area contributed by atoms with E-state index < -0.39 is 18.4 Å². The lowest BCUT2D eigenvalue weighted by Crippen LogP contribution is -2.45. The SMILES string of the molecule is O=C(O)[C@@H]1Cc2ccccc2CN1Cc1cccc(OC(F)(F)F)c1. The zero-order valence-electron chi connectivity index (χ0n) is 13.2. The Morgan fingerprint density at radius 3 is 2.56 bits per heavy atom. The Hall–Kier alpha value is -2.54. The number of halogens is 3. The molecule has 0 aliphatic carbocycles. The van der Waals surface area contributed by atoms with Gasteiger partial charge in [-0.1, -0.05) is 36.4 Å². The highest BCUT2D eigenvalue weighted by molar-refractivity contribution is 5.74. The normalized spacial score (nSPS) is 17.8. The molecule has 2 aromatic rings. The Morgan fingerprint density at radius 2 is 1.88 bits per heavy atom. The Kier molecular flexibility index (Phi) is 4.67. The van der Waals surface area contributed by atoms with Crippen molar-refractivity contribution in [2.24, 2.45) is 0 Å². The summed E-state index contributed by atoms with van der Waals surface area (Å²) in [5.74, 6) is -1.26. The molecule has 2 aromatic carbocycles. The fourth-order valence-electron chi connectivity index (χ4n) is 3.06. The molecule has 1 aliphatic rings. The number of carboxylic acids is 1. The number of carbonyl (C=O) groups is 1. The van der Waals surface area contributed by atoms with Gasteiger partial charge in [-0.3, -0.25) is 9.69 Å². The first-order valence-corrected chi connectivity index (χ1v) is 7.70. The molecule has 1 atom stereocenters. The second-order valence-corrected chi connectivity index (χ2v) is 5.93. The summed E-state index contributed by atoms with van der Waals surface area (Å²) >= 11 is 0. The number of hydrogen-bond donors (Lipinski definition) is 1. The average molecular weight is 351 g/mol. The minimum Gasteiger partial charge on any atom is -0.480 e. The zero-order chi connectivity index (χ0) is 18.0. The zero-order valence-corrected chi connectivity index (χ0v) is 13.2. The molecule has 0 bridgehead atoms. The molecule has 0 amide bonds. The molecule has 7 heteroatoms. The summed E-state index contributed by atoms with van der Waals surface area (Å²) in [4.78, 5) is 13.4. The van der Waals surface area contributed by atoms with Gasteiger partial charge in [-0.25, -0.2) is 0 Å². The molecular weight excluding hydrogens is 335 g/mol. The van der Waals surface area contributed by atoms with Gasteiger partial charge in [0, 0.05) is 13.1 Å². The molecule has 0 aromatic heterocycles. The van der Waals surface area contributed by atoms with E-state index >= 15 is 0 Å². The molecule has 0 fully saturated rings. The van der Waals surface area contributed by atoms with Crippen LogP contribution in [0.25, 0.3) is 0 Å². The van der Waals surface area contributed by atoms with E-state index in [1.807, 2.05) is 24.3 Å². The minimum atomic E-state index is -4.76. The first-order chi connectivity index (χ1) is 11.8. The smallest absolute Gasteiger partial charge is 0.480 e. The second-order valence-electron chi connectivity index (χ2n) is 5.93. The fourth-order valence-corrected chi connectivity index (χ4v) is 3.06. The van der Waals surface area contributed by atoms with Crippen molar-refractivity contribution < 1.29 is 27.8 Å². The van der Waals surface area contributed by atoms with Gasteiger partial charge in [-0.05, 0) is 35.2 Å². The number of carboxylic acid groups (broad SMARTS) is 1. The van der Waals surface area contributed by atoms with Crippen LogP contribution >= 0.6 is 0 Å². The van der Waals surface area contributed by atoms with Crippen molar-refractivity contribution >= 4 is 5.97 Å². The Morgan fingerprint density at radius 1 is 1.16 bits per heavy atom. The van der Waals surface area contributed by atoms with Crippen LogP contribution in [0, 0.1) is 0 Å². The van der Waals surface area contributed by atoms with Gasteiger partial charge in [-0.15, -0.1) is 13.2 Å². The van der Waals surface area contributed by atoms with Gasteiger partial charge in [0.25, 0.3) is 0 Å². The number of benzene rings is 2. The van der Waals surface area contributed by atoms with E-state index in [9.17, 15) is 23.1 Å². The highest BCUT2D eigenvalue weighted by Gasteiger charge is 2.32. The van der Waals surface area contributed by atoms with Gasteiger partial charge in [0.2, 0.25) is 0 Å². The molecule has 0 unspecified atom stereocenters. The molecule has 0 saturated carbocycles. The summed E-state index contributed by atoms with van der Waals surface area (Å²) in [6.45, 7) is 0.651. The van der Waals surface area contributed by atoms with Crippen molar-refractivity contribution in [2.45, 2.75) is 31.9 Å². The molecule has 1 heterocycles.